The lowest BCUT2D eigenvalue weighted by Crippen LogP contribution is -2.44. The van der Waals surface area contributed by atoms with Crippen LogP contribution in [-0.2, 0) is 0 Å². The molecule has 0 aliphatic carbocycles. The first-order chi connectivity index (χ1) is 7.90. The Morgan fingerprint density at radius 2 is 1.88 bits per heavy atom. The van der Waals surface area contributed by atoms with Gasteiger partial charge in [-0.2, -0.15) is 0 Å². The molecule has 0 radical (unpaired) electrons. The van der Waals surface area contributed by atoms with Crippen molar-refractivity contribution < 1.29 is 0 Å². The van der Waals surface area contributed by atoms with Crippen LogP contribution in [-0.4, -0.2) is 61.7 Å². The topological polar surface area (TPSA) is 18.5 Å². The van der Waals surface area contributed by atoms with Crippen LogP contribution in [0.4, 0.5) is 0 Å². The Hall–Kier alpha value is -0.120. The average molecular weight is 225 g/mol. The minimum atomic E-state index is 0.864. The van der Waals surface area contributed by atoms with Gasteiger partial charge in [0.1, 0.15) is 0 Å². The molecule has 0 atom stereocenters. The van der Waals surface area contributed by atoms with E-state index in [1.54, 1.807) is 0 Å². The van der Waals surface area contributed by atoms with Crippen LogP contribution in [0.5, 0.6) is 0 Å². The fourth-order valence-corrected chi connectivity index (χ4v) is 3.07. The van der Waals surface area contributed by atoms with Gasteiger partial charge in [-0.05, 0) is 58.4 Å². The van der Waals surface area contributed by atoms with E-state index in [2.05, 4.69) is 22.0 Å². The highest BCUT2D eigenvalue weighted by molar-refractivity contribution is 4.80. The van der Waals surface area contributed by atoms with Crippen LogP contribution in [0.3, 0.4) is 0 Å². The van der Waals surface area contributed by atoms with Gasteiger partial charge in [0.2, 0.25) is 0 Å². The molecule has 0 saturated carbocycles. The van der Waals surface area contributed by atoms with Crippen molar-refractivity contribution in [3.63, 3.8) is 0 Å². The first kappa shape index (κ1) is 12.3. The van der Waals surface area contributed by atoms with E-state index in [1.165, 1.54) is 71.5 Å². The molecule has 0 aromatic heterocycles. The highest BCUT2D eigenvalue weighted by Crippen LogP contribution is 2.14. The third-order valence-corrected chi connectivity index (χ3v) is 3.99. The molecule has 3 heteroatoms. The molecule has 2 saturated heterocycles. The highest BCUT2D eigenvalue weighted by atomic mass is 15.2. The van der Waals surface area contributed by atoms with Crippen molar-refractivity contribution in [2.75, 3.05) is 45.8 Å². The van der Waals surface area contributed by atoms with E-state index in [4.69, 9.17) is 0 Å². The van der Waals surface area contributed by atoms with Gasteiger partial charge < -0.3 is 10.2 Å². The van der Waals surface area contributed by atoms with Gasteiger partial charge in [0.15, 0.2) is 0 Å². The number of rotatable bonds is 3. The number of nitrogens with one attached hydrogen (secondary N) is 1. The normalized spacial score (nSPS) is 26.8. The summed E-state index contributed by atoms with van der Waals surface area (Å²) in [5.74, 6) is 0. The van der Waals surface area contributed by atoms with Gasteiger partial charge in [-0.15, -0.1) is 0 Å². The van der Waals surface area contributed by atoms with E-state index in [-0.39, 0.29) is 0 Å². The van der Waals surface area contributed by atoms with Crippen molar-refractivity contribution >= 4 is 0 Å². The molecule has 0 bridgehead atoms. The predicted molar refractivity (Wildman–Crippen MR) is 68.8 cm³/mol. The van der Waals surface area contributed by atoms with Gasteiger partial charge in [0.05, 0.1) is 0 Å². The van der Waals surface area contributed by atoms with E-state index in [1.807, 2.05) is 0 Å². The lowest BCUT2D eigenvalue weighted by Gasteiger charge is -2.33. The van der Waals surface area contributed by atoms with Crippen LogP contribution < -0.4 is 5.32 Å². The Kier molecular flexibility index (Phi) is 5.07. The van der Waals surface area contributed by atoms with E-state index >= 15 is 0 Å². The molecule has 0 unspecified atom stereocenters. The summed E-state index contributed by atoms with van der Waals surface area (Å²) < 4.78 is 0. The predicted octanol–water partition coefficient (Wildman–Crippen LogP) is 1.16. The maximum absolute atomic E-state index is 3.46. The molecule has 2 heterocycles. The zero-order valence-electron chi connectivity index (χ0n) is 10.7. The summed E-state index contributed by atoms with van der Waals surface area (Å²) in [6.45, 7) is 11.2. The van der Waals surface area contributed by atoms with Crippen LogP contribution in [0.1, 0.15) is 32.6 Å². The first-order valence-electron chi connectivity index (χ1n) is 7.07. The van der Waals surface area contributed by atoms with Crippen LogP contribution >= 0.6 is 0 Å². The summed E-state index contributed by atoms with van der Waals surface area (Å²) in [6, 6.07) is 0.864. The number of hydrogen-bond donors (Lipinski definition) is 1. The zero-order valence-corrected chi connectivity index (χ0v) is 10.7. The quantitative estimate of drug-likeness (QED) is 0.777. The third-order valence-electron chi connectivity index (χ3n) is 3.99. The van der Waals surface area contributed by atoms with Gasteiger partial charge in [0, 0.05) is 19.1 Å². The zero-order chi connectivity index (χ0) is 11.2. The molecule has 16 heavy (non-hydrogen) atoms. The smallest absolute Gasteiger partial charge is 0.0120 e. The van der Waals surface area contributed by atoms with Gasteiger partial charge in [-0.1, -0.05) is 6.92 Å². The fraction of sp³-hybridized carbons (Fsp3) is 1.00. The largest absolute Gasteiger partial charge is 0.317 e. The Morgan fingerprint density at radius 1 is 1.06 bits per heavy atom. The monoisotopic (exact) mass is 225 g/mol. The number of piperidine rings is 1. The summed E-state index contributed by atoms with van der Waals surface area (Å²) in [7, 11) is 0. The molecule has 0 aromatic rings. The van der Waals surface area contributed by atoms with Gasteiger partial charge in [-0.25, -0.2) is 0 Å². The van der Waals surface area contributed by atoms with Crippen molar-refractivity contribution in [3.05, 3.63) is 0 Å². The lowest BCUT2D eigenvalue weighted by atomic mass is 10.0. The average Bonchev–Trinajstić information content (AvgIpc) is 2.57. The molecule has 0 spiro atoms. The third kappa shape index (κ3) is 3.44. The fourth-order valence-electron chi connectivity index (χ4n) is 3.07. The van der Waals surface area contributed by atoms with Crippen LogP contribution in [0.2, 0.25) is 0 Å². The molecule has 2 rings (SSSR count). The molecule has 2 aliphatic heterocycles. The van der Waals surface area contributed by atoms with E-state index in [9.17, 15) is 0 Å². The first-order valence-corrected chi connectivity index (χ1v) is 7.07. The Morgan fingerprint density at radius 3 is 2.62 bits per heavy atom. The molecule has 3 nitrogen and oxygen atoms in total. The van der Waals surface area contributed by atoms with E-state index < -0.39 is 0 Å². The second-order valence-corrected chi connectivity index (χ2v) is 5.21. The lowest BCUT2D eigenvalue weighted by molar-refractivity contribution is 0.165. The standard InChI is InChI=1S/C13H27N3/c1-2-8-15-9-3-10-16(12-11-15)13-4-6-14-7-5-13/h13-14H,2-12H2,1H3. The summed E-state index contributed by atoms with van der Waals surface area (Å²) in [5.41, 5.74) is 0. The van der Waals surface area contributed by atoms with Gasteiger partial charge in [-0.3, -0.25) is 4.90 Å². The van der Waals surface area contributed by atoms with Crippen molar-refractivity contribution in [2.24, 2.45) is 0 Å². The number of nitrogens with zero attached hydrogens (tertiary/aromatic N) is 2. The molecule has 0 aromatic carbocycles. The maximum Gasteiger partial charge on any atom is 0.0120 e. The minimum absolute atomic E-state index is 0.864. The summed E-state index contributed by atoms with van der Waals surface area (Å²) in [6.07, 6.45) is 5.37. The van der Waals surface area contributed by atoms with Gasteiger partial charge in [0.25, 0.3) is 0 Å². The van der Waals surface area contributed by atoms with Crippen LogP contribution in [0.15, 0.2) is 0 Å². The van der Waals surface area contributed by atoms with Crippen molar-refractivity contribution in [2.45, 2.75) is 38.6 Å². The van der Waals surface area contributed by atoms with Crippen LogP contribution in [0.25, 0.3) is 0 Å². The Bertz CT molecular complexity index is 190. The van der Waals surface area contributed by atoms with Crippen LogP contribution in [0, 0.1) is 0 Å². The minimum Gasteiger partial charge on any atom is -0.317 e. The molecular formula is C13H27N3. The second-order valence-electron chi connectivity index (χ2n) is 5.21. The summed E-state index contributed by atoms with van der Waals surface area (Å²) in [4.78, 5) is 5.39. The molecule has 1 N–H and O–H groups in total. The molecule has 2 aliphatic rings. The highest BCUT2D eigenvalue weighted by Gasteiger charge is 2.22. The van der Waals surface area contributed by atoms with E-state index in [0.717, 1.165) is 6.04 Å². The van der Waals surface area contributed by atoms with Gasteiger partial charge >= 0.3 is 0 Å². The Balaban J connectivity index is 1.78. The Labute approximate surface area is 100 Å². The SMILES string of the molecule is CCCN1CCCN(C2CCNCC2)CC1. The molecule has 94 valence electrons. The van der Waals surface area contributed by atoms with Crippen molar-refractivity contribution in [3.8, 4) is 0 Å². The number of hydrogen-bond acceptors (Lipinski definition) is 3. The maximum atomic E-state index is 3.46. The molecule has 2 fully saturated rings. The molecule has 0 amide bonds. The van der Waals surface area contributed by atoms with Crippen molar-refractivity contribution in [1.82, 2.24) is 15.1 Å². The summed E-state index contributed by atoms with van der Waals surface area (Å²) >= 11 is 0. The second kappa shape index (κ2) is 6.58. The summed E-state index contributed by atoms with van der Waals surface area (Å²) in [5, 5.41) is 3.46. The molecular weight excluding hydrogens is 198 g/mol. The van der Waals surface area contributed by atoms with Crippen molar-refractivity contribution in [1.29, 1.82) is 0 Å². The van der Waals surface area contributed by atoms with E-state index in [0.29, 0.717) is 0 Å².